The molecule has 11 aromatic rings. The van der Waals surface area contributed by atoms with E-state index in [1.165, 1.54) is 90.5 Å². The molecule has 0 saturated carbocycles. The Bertz CT molecular complexity index is 3300. The van der Waals surface area contributed by atoms with Crippen LogP contribution in [0, 0.1) is 0 Å². The van der Waals surface area contributed by atoms with E-state index in [4.69, 9.17) is 0 Å². The van der Waals surface area contributed by atoms with Crippen molar-refractivity contribution in [1.29, 1.82) is 0 Å². The van der Waals surface area contributed by atoms with E-state index >= 15 is 0 Å². The minimum atomic E-state index is -0.446. The minimum absolute atomic E-state index is 0.446. The molecule has 0 atom stereocenters. The van der Waals surface area contributed by atoms with Crippen LogP contribution in [0.15, 0.2) is 212 Å². The number of hydrogen-bond donors (Lipinski definition) is 0. The van der Waals surface area contributed by atoms with E-state index in [0.29, 0.717) is 0 Å². The first-order chi connectivity index (χ1) is 28.8. The number of thiophene rings is 2. The Kier molecular flexibility index (Phi) is 7.56. The van der Waals surface area contributed by atoms with Gasteiger partial charge in [0.1, 0.15) is 0 Å². The molecule has 0 spiro atoms. The lowest BCUT2D eigenvalue weighted by atomic mass is 9.68. The topological polar surface area (TPSA) is 3.24 Å². The molecule has 0 aliphatic heterocycles. The maximum atomic E-state index is 2.48. The molecular weight excluding hydrogens is 739 g/mol. The molecule has 12 rings (SSSR count). The summed E-state index contributed by atoms with van der Waals surface area (Å²) in [6.07, 6.45) is 0. The van der Waals surface area contributed by atoms with Gasteiger partial charge in [-0.1, -0.05) is 170 Å². The summed E-state index contributed by atoms with van der Waals surface area (Å²) in [5.74, 6) is 0. The molecular formula is C55H35NS2. The third-order valence-electron chi connectivity index (χ3n) is 12.2. The molecule has 0 unspecified atom stereocenters. The molecule has 272 valence electrons. The molecule has 1 aliphatic rings. The van der Waals surface area contributed by atoms with E-state index in [1.807, 2.05) is 22.7 Å². The second-order valence-electron chi connectivity index (χ2n) is 15.2. The van der Waals surface area contributed by atoms with Crippen LogP contribution in [0.25, 0.3) is 62.6 Å². The molecule has 3 heteroatoms. The van der Waals surface area contributed by atoms with E-state index < -0.39 is 5.41 Å². The standard InChI is InChI=1S/C55H35NS2/c1-3-15-37(16-4-1)55(38-17-5-2-6-18-38)48-25-10-7-19-42(48)47-35-40(33-34-49(47)55)56(50-26-14-24-46-44-21-9-12-28-52(44)58-54(46)50)39-31-29-36(30-32-39)41-22-13-23-45-43-20-8-11-27-51(43)57-53(41)45/h1-35H. The summed E-state index contributed by atoms with van der Waals surface area (Å²) in [5, 5.41) is 5.23. The fraction of sp³-hybridized carbons (Fsp3) is 0.0182. The van der Waals surface area contributed by atoms with Gasteiger partial charge in [0.2, 0.25) is 0 Å². The maximum absolute atomic E-state index is 2.48. The molecule has 0 radical (unpaired) electrons. The first-order valence-corrected chi connectivity index (χ1v) is 21.5. The van der Waals surface area contributed by atoms with Crippen molar-refractivity contribution in [2.24, 2.45) is 0 Å². The fourth-order valence-electron chi connectivity index (χ4n) is 9.68. The summed E-state index contributed by atoms with van der Waals surface area (Å²) >= 11 is 3.76. The highest BCUT2D eigenvalue weighted by Crippen LogP contribution is 2.57. The second-order valence-corrected chi connectivity index (χ2v) is 17.3. The van der Waals surface area contributed by atoms with Crippen molar-refractivity contribution in [2.75, 3.05) is 4.90 Å². The monoisotopic (exact) mass is 773 g/mol. The number of hydrogen-bond acceptors (Lipinski definition) is 3. The highest BCUT2D eigenvalue weighted by molar-refractivity contribution is 7.26. The van der Waals surface area contributed by atoms with E-state index in [1.54, 1.807) is 0 Å². The predicted octanol–water partition coefficient (Wildman–Crippen LogP) is 15.9. The Hall–Kier alpha value is -6.78. The van der Waals surface area contributed by atoms with Crippen LogP contribution < -0.4 is 4.90 Å². The summed E-state index contributed by atoms with van der Waals surface area (Å²) < 4.78 is 5.24. The van der Waals surface area contributed by atoms with Crippen LogP contribution >= 0.6 is 22.7 Å². The van der Waals surface area contributed by atoms with Crippen molar-refractivity contribution < 1.29 is 0 Å². The Morgan fingerprint density at radius 1 is 0.345 bits per heavy atom. The highest BCUT2D eigenvalue weighted by atomic mass is 32.1. The van der Waals surface area contributed by atoms with E-state index in [-0.39, 0.29) is 0 Å². The molecule has 0 bridgehead atoms. The maximum Gasteiger partial charge on any atom is 0.0713 e. The first-order valence-electron chi connectivity index (χ1n) is 19.8. The Labute approximate surface area is 345 Å². The van der Waals surface area contributed by atoms with Crippen LogP contribution in [0.5, 0.6) is 0 Å². The van der Waals surface area contributed by atoms with Gasteiger partial charge in [0, 0.05) is 47.0 Å². The fourth-order valence-corrected chi connectivity index (χ4v) is 12.1. The summed E-state index contributed by atoms with van der Waals surface area (Å²) in [7, 11) is 0. The van der Waals surface area contributed by atoms with Gasteiger partial charge in [-0.3, -0.25) is 0 Å². The van der Waals surface area contributed by atoms with Gasteiger partial charge in [-0.15, -0.1) is 22.7 Å². The Morgan fingerprint density at radius 3 is 1.57 bits per heavy atom. The summed E-state index contributed by atoms with van der Waals surface area (Å²) in [6, 6.07) is 78.7. The van der Waals surface area contributed by atoms with Crippen molar-refractivity contribution >= 4 is 80.1 Å². The van der Waals surface area contributed by atoms with Crippen molar-refractivity contribution in [3.05, 3.63) is 235 Å². The van der Waals surface area contributed by atoms with Crippen LogP contribution in [-0.2, 0) is 5.41 Å². The van der Waals surface area contributed by atoms with Crippen LogP contribution in [0.1, 0.15) is 22.3 Å². The second kappa shape index (κ2) is 13.1. The van der Waals surface area contributed by atoms with Crippen molar-refractivity contribution in [1.82, 2.24) is 0 Å². The molecule has 2 heterocycles. The summed E-state index contributed by atoms with van der Waals surface area (Å²) in [5.41, 5.74) is 13.2. The van der Waals surface area contributed by atoms with Gasteiger partial charge in [0.25, 0.3) is 0 Å². The smallest absolute Gasteiger partial charge is 0.0713 e. The third kappa shape index (κ3) is 4.87. The molecule has 0 N–H and O–H groups in total. The van der Waals surface area contributed by atoms with E-state index in [0.717, 1.165) is 11.4 Å². The number of nitrogens with zero attached hydrogens (tertiary/aromatic N) is 1. The van der Waals surface area contributed by atoms with Crippen LogP contribution in [-0.4, -0.2) is 0 Å². The zero-order valence-electron chi connectivity index (χ0n) is 31.5. The Balaban J connectivity index is 1.08. The normalized spacial score (nSPS) is 13.0. The van der Waals surface area contributed by atoms with Crippen molar-refractivity contribution in [2.45, 2.75) is 5.41 Å². The highest BCUT2D eigenvalue weighted by Gasteiger charge is 2.46. The molecule has 0 fully saturated rings. The third-order valence-corrected chi connectivity index (χ3v) is 14.6. The molecule has 1 aliphatic carbocycles. The van der Waals surface area contributed by atoms with Gasteiger partial charge in [0.05, 0.1) is 15.8 Å². The predicted molar refractivity (Wildman–Crippen MR) is 250 cm³/mol. The van der Waals surface area contributed by atoms with Gasteiger partial charge in [-0.25, -0.2) is 0 Å². The van der Waals surface area contributed by atoms with Gasteiger partial charge in [-0.05, 0) is 87.0 Å². The molecule has 0 amide bonds. The largest absolute Gasteiger partial charge is 0.309 e. The zero-order chi connectivity index (χ0) is 38.2. The summed E-state index contributed by atoms with van der Waals surface area (Å²) in [6.45, 7) is 0. The van der Waals surface area contributed by atoms with Gasteiger partial charge in [0.15, 0.2) is 0 Å². The first kappa shape index (κ1) is 33.4. The number of benzene rings is 9. The van der Waals surface area contributed by atoms with Gasteiger partial charge < -0.3 is 4.90 Å². The molecule has 1 nitrogen and oxygen atoms in total. The number of anilines is 3. The van der Waals surface area contributed by atoms with Crippen molar-refractivity contribution in [3.8, 4) is 22.3 Å². The average molecular weight is 774 g/mol. The van der Waals surface area contributed by atoms with Crippen LogP contribution in [0.3, 0.4) is 0 Å². The quantitative estimate of drug-likeness (QED) is 0.163. The molecule has 9 aromatic carbocycles. The van der Waals surface area contributed by atoms with Crippen LogP contribution in [0.4, 0.5) is 17.1 Å². The number of fused-ring (bicyclic) bond motifs is 9. The molecule has 0 saturated heterocycles. The lowest BCUT2D eigenvalue weighted by Crippen LogP contribution is -2.28. The minimum Gasteiger partial charge on any atom is -0.309 e. The molecule has 2 aromatic heterocycles. The van der Waals surface area contributed by atoms with E-state index in [2.05, 4.69) is 217 Å². The summed E-state index contributed by atoms with van der Waals surface area (Å²) in [4.78, 5) is 2.48. The average Bonchev–Trinajstić information content (AvgIpc) is 3.96. The van der Waals surface area contributed by atoms with Gasteiger partial charge >= 0.3 is 0 Å². The number of rotatable bonds is 6. The molecule has 58 heavy (non-hydrogen) atoms. The van der Waals surface area contributed by atoms with Crippen molar-refractivity contribution in [3.63, 3.8) is 0 Å². The SMILES string of the molecule is c1ccc(C2(c3ccccc3)c3ccccc3-c3cc(N(c4ccc(-c5cccc6c5sc5ccccc56)cc4)c4cccc5c4sc4ccccc45)ccc32)cc1. The lowest BCUT2D eigenvalue weighted by molar-refractivity contribution is 0.768. The Morgan fingerprint density at radius 2 is 0.862 bits per heavy atom. The lowest BCUT2D eigenvalue weighted by Gasteiger charge is -2.34. The zero-order valence-corrected chi connectivity index (χ0v) is 33.1. The van der Waals surface area contributed by atoms with Crippen LogP contribution in [0.2, 0.25) is 0 Å². The van der Waals surface area contributed by atoms with Gasteiger partial charge in [-0.2, -0.15) is 0 Å². The van der Waals surface area contributed by atoms with E-state index in [9.17, 15) is 0 Å².